The van der Waals surface area contributed by atoms with Gasteiger partial charge in [-0.2, -0.15) is 0 Å². The Hall–Kier alpha value is -1.76. The van der Waals surface area contributed by atoms with Gasteiger partial charge < -0.3 is 9.64 Å². The Morgan fingerprint density at radius 2 is 2.14 bits per heavy atom. The first-order chi connectivity index (χ1) is 10.6. The largest absolute Gasteiger partial charge is 0.466 e. The van der Waals surface area contributed by atoms with Gasteiger partial charge in [0.15, 0.2) is 6.29 Å². The molecule has 2 rings (SSSR count). The number of carbonyl (C=O) groups excluding carboxylic acids is 3. The summed E-state index contributed by atoms with van der Waals surface area (Å²) in [6.07, 6.45) is 2.79. The zero-order valence-electron chi connectivity index (χ0n) is 12.6. The van der Waals surface area contributed by atoms with E-state index >= 15 is 0 Å². The predicted octanol–water partition coefficient (Wildman–Crippen LogP) is 2.00. The van der Waals surface area contributed by atoms with E-state index in [1.807, 2.05) is 0 Å². The highest BCUT2D eigenvalue weighted by Crippen LogP contribution is 2.30. The molecule has 7 heteroatoms. The zero-order valence-corrected chi connectivity index (χ0v) is 13.4. The summed E-state index contributed by atoms with van der Waals surface area (Å²) in [5.74, 6) is -0.0121. The molecule has 1 aromatic rings. The van der Waals surface area contributed by atoms with E-state index in [-0.39, 0.29) is 24.7 Å². The second-order valence-corrected chi connectivity index (χ2v) is 6.08. The fourth-order valence-electron chi connectivity index (χ4n) is 2.52. The molecule has 22 heavy (non-hydrogen) atoms. The summed E-state index contributed by atoms with van der Waals surface area (Å²) in [6.45, 7) is 3.43. The van der Waals surface area contributed by atoms with Gasteiger partial charge in [0, 0.05) is 30.8 Å². The number of carbonyl (C=O) groups is 3. The van der Waals surface area contributed by atoms with Crippen molar-refractivity contribution in [3.63, 3.8) is 0 Å². The van der Waals surface area contributed by atoms with Crippen molar-refractivity contribution < 1.29 is 19.1 Å². The number of thiazole rings is 1. The van der Waals surface area contributed by atoms with Gasteiger partial charge in [0.25, 0.3) is 0 Å². The Balaban J connectivity index is 1.77. The standard InChI is InChI=1S/C15H20N2O4S/c1-2-21-14(20)4-3-13(19)17-7-5-11(6-8-17)15-16-12(9-18)10-22-15/h9-11H,2-8H2,1H3. The Labute approximate surface area is 133 Å². The minimum absolute atomic E-state index is 0.000720. The highest BCUT2D eigenvalue weighted by molar-refractivity contribution is 7.09. The first kappa shape index (κ1) is 16.6. The maximum absolute atomic E-state index is 12.1. The molecule has 1 aromatic heterocycles. The maximum Gasteiger partial charge on any atom is 0.306 e. The van der Waals surface area contributed by atoms with Crippen molar-refractivity contribution in [2.45, 2.75) is 38.5 Å². The molecule has 0 aliphatic carbocycles. The summed E-state index contributed by atoms with van der Waals surface area (Å²) in [4.78, 5) is 40.1. The van der Waals surface area contributed by atoms with Crippen LogP contribution in [-0.4, -0.2) is 47.7 Å². The van der Waals surface area contributed by atoms with Gasteiger partial charge in [-0.05, 0) is 19.8 Å². The molecule has 1 fully saturated rings. The van der Waals surface area contributed by atoms with E-state index in [2.05, 4.69) is 4.98 Å². The molecule has 0 aromatic carbocycles. The first-order valence-corrected chi connectivity index (χ1v) is 8.36. The maximum atomic E-state index is 12.1. The average Bonchev–Trinajstić information content (AvgIpc) is 3.02. The van der Waals surface area contributed by atoms with Crippen LogP contribution in [-0.2, 0) is 14.3 Å². The quantitative estimate of drug-likeness (QED) is 0.591. The number of amides is 1. The highest BCUT2D eigenvalue weighted by Gasteiger charge is 2.25. The summed E-state index contributed by atoms with van der Waals surface area (Å²) < 4.78 is 4.82. The van der Waals surface area contributed by atoms with E-state index in [4.69, 9.17) is 4.74 Å². The van der Waals surface area contributed by atoms with Crippen LogP contribution in [0.2, 0.25) is 0 Å². The van der Waals surface area contributed by atoms with E-state index < -0.39 is 0 Å². The lowest BCUT2D eigenvalue weighted by Gasteiger charge is -2.31. The van der Waals surface area contributed by atoms with Crippen LogP contribution in [0.5, 0.6) is 0 Å². The number of likely N-dealkylation sites (tertiary alicyclic amines) is 1. The van der Waals surface area contributed by atoms with Crippen LogP contribution >= 0.6 is 11.3 Å². The number of rotatable bonds is 6. The van der Waals surface area contributed by atoms with Crippen LogP contribution in [0.4, 0.5) is 0 Å². The number of ether oxygens (including phenoxy) is 1. The van der Waals surface area contributed by atoms with Crippen LogP contribution in [0.25, 0.3) is 0 Å². The number of nitrogens with zero attached hydrogens (tertiary/aromatic N) is 2. The third kappa shape index (κ3) is 4.37. The predicted molar refractivity (Wildman–Crippen MR) is 81.9 cm³/mol. The smallest absolute Gasteiger partial charge is 0.306 e. The SMILES string of the molecule is CCOC(=O)CCC(=O)N1CCC(c2nc(C=O)cs2)CC1. The third-order valence-corrected chi connectivity index (χ3v) is 4.73. The Morgan fingerprint density at radius 3 is 2.73 bits per heavy atom. The minimum atomic E-state index is -0.324. The van der Waals surface area contributed by atoms with E-state index in [0.29, 0.717) is 31.3 Å². The van der Waals surface area contributed by atoms with Gasteiger partial charge in [0.1, 0.15) is 5.69 Å². The van der Waals surface area contributed by atoms with E-state index in [9.17, 15) is 14.4 Å². The summed E-state index contributed by atoms with van der Waals surface area (Å²) >= 11 is 1.50. The molecule has 6 nitrogen and oxygen atoms in total. The second kappa shape index (κ2) is 8.03. The van der Waals surface area contributed by atoms with Crippen LogP contribution < -0.4 is 0 Å². The van der Waals surface area contributed by atoms with E-state index in [1.165, 1.54) is 11.3 Å². The van der Waals surface area contributed by atoms with Gasteiger partial charge in [-0.3, -0.25) is 14.4 Å². The minimum Gasteiger partial charge on any atom is -0.466 e. The zero-order chi connectivity index (χ0) is 15.9. The molecule has 0 saturated carbocycles. The van der Waals surface area contributed by atoms with Gasteiger partial charge in [0.2, 0.25) is 5.91 Å². The Morgan fingerprint density at radius 1 is 1.41 bits per heavy atom. The van der Waals surface area contributed by atoms with Crippen LogP contribution in [0, 0.1) is 0 Å². The summed E-state index contributed by atoms with van der Waals surface area (Å²) in [6, 6.07) is 0. The Kier molecular flexibility index (Phi) is 6.06. The number of piperidine rings is 1. The molecule has 0 atom stereocenters. The van der Waals surface area contributed by atoms with Crippen molar-refractivity contribution >= 4 is 29.5 Å². The summed E-state index contributed by atoms with van der Waals surface area (Å²) in [7, 11) is 0. The van der Waals surface area contributed by atoms with Crippen molar-refractivity contribution in [1.29, 1.82) is 0 Å². The molecular weight excluding hydrogens is 304 g/mol. The molecule has 1 amide bonds. The summed E-state index contributed by atoms with van der Waals surface area (Å²) in [5, 5.41) is 2.74. The van der Waals surface area contributed by atoms with Gasteiger partial charge in [-0.1, -0.05) is 0 Å². The van der Waals surface area contributed by atoms with Crippen LogP contribution in [0.1, 0.15) is 54.0 Å². The van der Waals surface area contributed by atoms with Gasteiger partial charge in [0.05, 0.1) is 18.0 Å². The molecule has 2 heterocycles. The Bertz CT molecular complexity index is 535. The monoisotopic (exact) mass is 324 g/mol. The van der Waals surface area contributed by atoms with Crippen LogP contribution in [0.15, 0.2) is 5.38 Å². The van der Waals surface area contributed by atoms with Crippen molar-refractivity contribution in [3.05, 3.63) is 16.1 Å². The molecule has 0 bridgehead atoms. The second-order valence-electron chi connectivity index (χ2n) is 5.19. The third-order valence-electron chi connectivity index (χ3n) is 3.71. The normalized spacial score (nSPS) is 15.6. The van der Waals surface area contributed by atoms with Crippen LogP contribution in [0.3, 0.4) is 0 Å². The lowest BCUT2D eigenvalue weighted by Crippen LogP contribution is -2.38. The first-order valence-electron chi connectivity index (χ1n) is 7.48. The fraction of sp³-hybridized carbons (Fsp3) is 0.600. The number of hydrogen-bond donors (Lipinski definition) is 0. The molecule has 0 unspecified atom stereocenters. The van der Waals surface area contributed by atoms with Crippen molar-refractivity contribution in [1.82, 2.24) is 9.88 Å². The molecule has 0 spiro atoms. The number of esters is 1. The lowest BCUT2D eigenvalue weighted by atomic mass is 9.97. The van der Waals surface area contributed by atoms with Gasteiger partial charge >= 0.3 is 5.97 Å². The molecule has 0 radical (unpaired) electrons. The van der Waals surface area contributed by atoms with Gasteiger partial charge in [-0.15, -0.1) is 11.3 Å². The van der Waals surface area contributed by atoms with Crippen molar-refractivity contribution in [2.24, 2.45) is 0 Å². The molecule has 120 valence electrons. The van der Waals surface area contributed by atoms with E-state index in [1.54, 1.807) is 17.2 Å². The summed E-state index contributed by atoms with van der Waals surface area (Å²) in [5.41, 5.74) is 0.480. The number of hydrogen-bond acceptors (Lipinski definition) is 6. The van der Waals surface area contributed by atoms with Gasteiger partial charge in [-0.25, -0.2) is 4.98 Å². The fourth-order valence-corrected chi connectivity index (χ4v) is 3.45. The average molecular weight is 324 g/mol. The van der Waals surface area contributed by atoms with Crippen molar-refractivity contribution in [3.8, 4) is 0 Å². The molecular formula is C15H20N2O4S. The van der Waals surface area contributed by atoms with E-state index in [0.717, 1.165) is 24.1 Å². The molecule has 1 saturated heterocycles. The van der Waals surface area contributed by atoms with Crippen molar-refractivity contribution in [2.75, 3.05) is 19.7 Å². The lowest BCUT2D eigenvalue weighted by molar-refractivity contribution is -0.145. The highest BCUT2D eigenvalue weighted by atomic mass is 32.1. The topological polar surface area (TPSA) is 76.6 Å². The number of aromatic nitrogens is 1. The molecule has 1 aliphatic rings. The molecule has 0 N–H and O–H groups in total. The molecule has 1 aliphatic heterocycles. The number of aldehydes is 1.